The van der Waals surface area contributed by atoms with Gasteiger partial charge >= 0.3 is 5.97 Å². The molecule has 0 aliphatic carbocycles. The minimum atomic E-state index is -0.646. The Morgan fingerprint density at radius 3 is 2.33 bits per heavy atom. The van der Waals surface area contributed by atoms with Crippen molar-refractivity contribution in [1.29, 1.82) is 0 Å². The Morgan fingerprint density at radius 1 is 1.10 bits per heavy atom. The van der Waals surface area contributed by atoms with Crippen LogP contribution in [0.25, 0.3) is 0 Å². The Balaban J connectivity index is 2.32. The van der Waals surface area contributed by atoms with Crippen LogP contribution in [0, 0.1) is 0 Å². The molecule has 1 aromatic carbocycles. The Labute approximate surface area is 122 Å². The molecular formula is C16H16O5. The predicted molar refractivity (Wildman–Crippen MR) is 75.2 cm³/mol. The summed E-state index contributed by atoms with van der Waals surface area (Å²) in [6, 6.07) is 8.71. The summed E-state index contributed by atoms with van der Waals surface area (Å²) in [5.74, 6) is -0.653. The first-order valence-corrected chi connectivity index (χ1v) is 6.70. The summed E-state index contributed by atoms with van der Waals surface area (Å²) in [5.41, 5.74) is 0.502. The molecule has 0 aromatic heterocycles. The molecule has 0 bridgehead atoms. The first-order valence-electron chi connectivity index (χ1n) is 6.70. The zero-order valence-corrected chi connectivity index (χ0v) is 11.9. The molecule has 0 saturated heterocycles. The number of hydrogen-bond donors (Lipinski definition) is 0. The van der Waals surface area contributed by atoms with Crippen molar-refractivity contribution in [2.75, 3.05) is 13.2 Å². The largest absolute Gasteiger partial charge is 0.487 e. The molecule has 5 nitrogen and oxygen atoms in total. The molecule has 0 fully saturated rings. The van der Waals surface area contributed by atoms with Crippen molar-refractivity contribution in [3.05, 3.63) is 59.2 Å². The molecule has 2 rings (SSSR count). The topological polar surface area (TPSA) is 61.8 Å². The summed E-state index contributed by atoms with van der Waals surface area (Å²) < 4.78 is 15.7. The number of esters is 1. The Kier molecular flexibility index (Phi) is 4.77. The second-order valence-corrected chi connectivity index (χ2v) is 4.15. The van der Waals surface area contributed by atoms with Crippen LogP contribution in [0.3, 0.4) is 0 Å². The van der Waals surface area contributed by atoms with Crippen molar-refractivity contribution in [3.63, 3.8) is 0 Å². The fraction of sp³-hybridized carbons (Fsp3) is 0.250. The van der Waals surface area contributed by atoms with Crippen LogP contribution in [-0.2, 0) is 19.0 Å². The van der Waals surface area contributed by atoms with Gasteiger partial charge in [0.05, 0.1) is 13.2 Å². The van der Waals surface area contributed by atoms with Crippen LogP contribution in [0.2, 0.25) is 0 Å². The van der Waals surface area contributed by atoms with E-state index in [1.165, 1.54) is 6.08 Å². The van der Waals surface area contributed by atoms with Crippen LogP contribution in [0.5, 0.6) is 0 Å². The highest BCUT2D eigenvalue weighted by Crippen LogP contribution is 2.28. The van der Waals surface area contributed by atoms with Crippen molar-refractivity contribution >= 4 is 11.8 Å². The monoisotopic (exact) mass is 288 g/mol. The average Bonchev–Trinajstić information content (AvgIpc) is 2.77. The van der Waals surface area contributed by atoms with Gasteiger partial charge in [-0.25, -0.2) is 4.79 Å². The van der Waals surface area contributed by atoms with Crippen molar-refractivity contribution in [1.82, 2.24) is 0 Å². The molecule has 1 heterocycles. The quantitative estimate of drug-likeness (QED) is 0.457. The van der Waals surface area contributed by atoms with Crippen LogP contribution >= 0.6 is 0 Å². The lowest BCUT2D eigenvalue weighted by Crippen LogP contribution is -2.03. The maximum absolute atomic E-state index is 12.1. The SMILES string of the molecule is CCOC1=C(OCC)/C(=C/C(=O)c2ccccc2)OC1=O. The van der Waals surface area contributed by atoms with Gasteiger partial charge in [-0.1, -0.05) is 30.3 Å². The first kappa shape index (κ1) is 14.8. The van der Waals surface area contributed by atoms with E-state index < -0.39 is 5.97 Å². The highest BCUT2D eigenvalue weighted by atomic mass is 16.6. The number of allylic oxidation sites excluding steroid dienone is 1. The zero-order chi connectivity index (χ0) is 15.2. The normalized spacial score (nSPS) is 16.1. The van der Waals surface area contributed by atoms with Gasteiger partial charge in [0.1, 0.15) is 0 Å². The number of hydrogen-bond acceptors (Lipinski definition) is 5. The van der Waals surface area contributed by atoms with E-state index in [1.807, 2.05) is 6.07 Å². The molecule has 0 N–H and O–H groups in total. The molecule has 0 saturated carbocycles. The minimum Gasteiger partial charge on any atom is -0.487 e. The third-order valence-corrected chi connectivity index (χ3v) is 2.72. The third-order valence-electron chi connectivity index (χ3n) is 2.72. The molecule has 21 heavy (non-hydrogen) atoms. The number of ether oxygens (including phenoxy) is 3. The third kappa shape index (κ3) is 3.31. The summed E-state index contributed by atoms with van der Waals surface area (Å²) in [6.07, 6.45) is 1.24. The molecule has 1 aromatic rings. The number of carbonyl (C=O) groups excluding carboxylic acids is 2. The van der Waals surface area contributed by atoms with E-state index in [4.69, 9.17) is 14.2 Å². The lowest BCUT2D eigenvalue weighted by atomic mass is 10.1. The van der Waals surface area contributed by atoms with E-state index >= 15 is 0 Å². The number of ketones is 1. The van der Waals surface area contributed by atoms with Crippen LogP contribution in [0.1, 0.15) is 24.2 Å². The summed E-state index contributed by atoms with van der Waals surface area (Å²) in [5, 5.41) is 0. The van der Waals surface area contributed by atoms with E-state index in [2.05, 4.69) is 0 Å². The summed E-state index contributed by atoms with van der Waals surface area (Å²) >= 11 is 0. The van der Waals surface area contributed by atoms with Crippen LogP contribution in [0.4, 0.5) is 0 Å². The minimum absolute atomic E-state index is 0.00598. The molecule has 0 atom stereocenters. The molecule has 0 unspecified atom stereocenters. The molecule has 0 spiro atoms. The molecule has 1 aliphatic heterocycles. The zero-order valence-electron chi connectivity index (χ0n) is 11.9. The van der Waals surface area contributed by atoms with Crippen LogP contribution in [0.15, 0.2) is 53.7 Å². The number of rotatable bonds is 6. The predicted octanol–water partition coefficient (Wildman–Crippen LogP) is 2.59. The maximum Gasteiger partial charge on any atom is 0.383 e. The van der Waals surface area contributed by atoms with E-state index in [-0.39, 0.29) is 23.1 Å². The van der Waals surface area contributed by atoms with E-state index in [0.29, 0.717) is 18.8 Å². The number of carbonyl (C=O) groups is 2. The van der Waals surface area contributed by atoms with Crippen molar-refractivity contribution in [2.45, 2.75) is 13.8 Å². The number of cyclic esters (lactones) is 1. The van der Waals surface area contributed by atoms with Gasteiger partial charge in [0.25, 0.3) is 5.76 Å². The summed E-state index contributed by atoms with van der Waals surface area (Å²) in [7, 11) is 0. The second kappa shape index (κ2) is 6.74. The van der Waals surface area contributed by atoms with Gasteiger partial charge in [-0.2, -0.15) is 0 Å². The molecule has 5 heteroatoms. The highest BCUT2D eigenvalue weighted by Gasteiger charge is 2.34. The van der Waals surface area contributed by atoms with Crippen LogP contribution < -0.4 is 0 Å². The van der Waals surface area contributed by atoms with Crippen molar-refractivity contribution in [2.24, 2.45) is 0 Å². The fourth-order valence-corrected chi connectivity index (χ4v) is 1.85. The molecule has 110 valence electrons. The lowest BCUT2D eigenvalue weighted by molar-refractivity contribution is -0.136. The van der Waals surface area contributed by atoms with Gasteiger partial charge in [0.2, 0.25) is 5.76 Å². The van der Waals surface area contributed by atoms with E-state index in [0.717, 1.165) is 0 Å². The first-order chi connectivity index (χ1) is 10.2. The van der Waals surface area contributed by atoms with Crippen molar-refractivity contribution in [3.8, 4) is 0 Å². The van der Waals surface area contributed by atoms with Gasteiger partial charge in [-0.3, -0.25) is 4.79 Å². The summed E-state index contributed by atoms with van der Waals surface area (Å²) in [4.78, 5) is 23.9. The fourth-order valence-electron chi connectivity index (χ4n) is 1.85. The maximum atomic E-state index is 12.1. The van der Waals surface area contributed by atoms with Crippen molar-refractivity contribution < 1.29 is 23.8 Å². The Morgan fingerprint density at radius 2 is 1.71 bits per heavy atom. The van der Waals surface area contributed by atoms with Gasteiger partial charge in [0, 0.05) is 11.6 Å². The van der Waals surface area contributed by atoms with Crippen LogP contribution in [-0.4, -0.2) is 25.0 Å². The summed E-state index contributed by atoms with van der Waals surface area (Å²) in [6.45, 7) is 4.16. The van der Waals surface area contributed by atoms with Gasteiger partial charge in [-0.05, 0) is 13.8 Å². The lowest BCUT2D eigenvalue weighted by Gasteiger charge is -2.05. The number of benzene rings is 1. The molecule has 0 amide bonds. The Bertz CT molecular complexity index is 598. The highest BCUT2D eigenvalue weighted by molar-refractivity contribution is 6.06. The van der Waals surface area contributed by atoms with E-state index in [9.17, 15) is 9.59 Å². The molecule has 0 radical (unpaired) electrons. The molecular weight excluding hydrogens is 272 g/mol. The van der Waals surface area contributed by atoms with E-state index in [1.54, 1.807) is 38.1 Å². The van der Waals surface area contributed by atoms with Gasteiger partial charge < -0.3 is 14.2 Å². The molecule has 1 aliphatic rings. The smallest absolute Gasteiger partial charge is 0.383 e. The average molecular weight is 288 g/mol. The second-order valence-electron chi connectivity index (χ2n) is 4.15. The Hall–Kier alpha value is -2.56. The van der Waals surface area contributed by atoms with Gasteiger partial charge in [0.15, 0.2) is 11.5 Å². The van der Waals surface area contributed by atoms with Gasteiger partial charge in [-0.15, -0.1) is 0 Å². The standard InChI is InChI=1S/C16H16O5/c1-3-19-14-13(21-16(18)15(14)20-4-2)10-12(17)11-8-6-5-7-9-11/h5-10H,3-4H2,1-2H3/b13-10-.